The molecule has 0 unspecified atom stereocenters. The summed E-state index contributed by atoms with van der Waals surface area (Å²) in [5.41, 5.74) is 1.00. The second-order valence-corrected chi connectivity index (χ2v) is 4.02. The lowest BCUT2D eigenvalue weighted by Gasteiger charge is -2.09. The van der Waals surface area contributed by atoms with Crippen molar-refractivity contribution in [1.82, 2.24) is 0 Å². The molecule has 1 aliphatic rings. The Hall–Kier alpha value is -1.77. The fourth-order valence-corrected chi connectivity index (χ4v) is 1.74. The van der Waals surface area contributed by atoms with Crippen LogP contribution in [0.1, 0.15) is 31.2 Å². The summed E-state index contributed by atoms with van der Waals surface area (Å²) in [6.07, 6.45) is 8.40. The number of allylic oxidation sites excluding steroid dienone is 2. The molecule has 3 heteroatoms. The molecule has 0 amide bonds. The van der Waals surface area contributed by atoms with Gasteiger partial charge in [0.15, 0.2) is 0 Å². The molecule has 1 aromatic carbocycles. The molecule has 90 valence electrons. The lowest BCUT2D eigenvalue weighted by molar-refractivity contribution is 0.210. The highest BCUT2D eigenvalue weighted by Crippen LogP contribution is 2.18. The van der Waals surface area contributed by atoms with Crippen molar-refractivity contribution < 1.29 is 9.57 Å². The zero-order valence-electron chi connectivity index (χ0n) is 10.1. The third-order valence-electron chi connectivity index (χ3n) is 2.74. The number of hydrogen-bond acceptors (Lipinski definition) is 3. The topological polar surface area (TPSA) is 30.8 Å². The Labute approximate surface area is 102 Å². The maximum absolute atomic E-state index is 5.34. The Balaban J connectivity index is 1.88. The highest BCUT2D eigenvalue weighted by molar-refractivity contribution is 5.79. The minimum atomic E-state index is 0.845. The van der Waals surface area contributed by atoms with Crippen LogP contribution in [-0.4, -0.2) is 13.3 Å². The van der Waals surface area contributed by atoms with E-state index in [9.17, 15) is 0 Å². The van der Waals surface area contributed by atoms with E-state index < -0.39 is 0 Å². The molecule has 17 heavy (non-hydrogen) atoms. The molecule has 1 aromatic rings. The number of ether oxygens (including phenoxy) is 1. The minimum Gasteiger partial charge on any atom is -0.497 e. The van der Waals surface area contributed by atoms with Crippen LogP contribution in [0.25, 0.3) is 0 Å². The molecule has 0 radical (unpaired) electrons. The summed E-state index contributed by atoms with van der Waals surface area (Å²) in [6.45, 7) is 0. The van der Waals surface area contributed by atoms with E-state index in [4.69, 9.17) is 9.57 Å². The molecule has 0 bridgehead atoms. The van der Waals surface area contributed by atoms with Crippen LogP contribution in [0.15, 0.2) is 41.3 Å². The standard InChI is InChI=1S/C14H17NO2/c1-16-13-9-7-12(8-10-13)11-15-17-14-5-3-2-4-6-14/h5,7-11H,2-4,6H2,1H3. The monoisotopic (exact) mass is 231 g/mol. The van der Waals surface area contributed by atoms with Crippen molar-refractivity contribution in [3.63, 3.8) is 0 Å². The summed E-state index contributed by atoms with van der Waals surface area (Å²) in [6, 6.07) is 7.70. The first-order valence-corrected chi connectivity index (χ1v) is 5.92. The minimum absolute atomic E-state index is 0.845. The van der Waals surface area contributed by atoms with Gasteiger partial charge in [-0.05, 0) is 55.2 Å². The van der Waals surface area contributed by atoms with Crippen LogP contribution in [0.5, 0.6) is 5.75 Å². The smallest absolute Gasteiger partial charge is 0.131 e. The van der Waals surface area contributed by atoms with E-state index in [0.29, 0.717) is 0 Å². The van der Waals surface area contributed by atoms with Gasteiger partial charge in [0.2, 0.25) is 0 Å². The van der Waals surface area contributed by atoms with Crippen molar-refractivity contribution in [3.05, 3.63) is 41.7 Å². The van der Waals surface area contributed by atoms with E-state index >= 15 is 0 Å². The fraction of sp³-hybridized carbons (Fsp3) is 0.357. The highest BCUT2D eigenvalue weighted by atomic mass is 16.6. The quantitative estimate of drug-likeness (QED) is 0.586. The predicted molar refractivity (Wildman–Crippen MR) is 68.2 cm³/mol. The van der Waals surface area contributed by atoms with Gasteiger partial charge >= 0.3 is 0 Å². The van der Waals surface area contributed by atoms with Crippen LogP contribution in [0, 0.1) is 0 Å². The zero-order chi connectivity index (χ0) is 11.9. The maximum atomic E-state index is 5.34. The number of rotatable bonds is 4. The van der Waals surface area contributed by atoms with Gasteiger partial charge in [-0.15, -0.1) is 0 Å². The Kier molecular flexibility index (Phi) is 4.19. The van der Waals surface area contributed by atoms with Gasteiger partial charge in [-0.1, -0.05) is 5.16 Å². The average molecular weight is 231 g/mol. The third kappa shape index (κ3) is 3.63. The summed E-state index contributed by atoms with van der Waals surface area (Å²) in [5, 5.41) is 3.99. The molecule has 0 spiro atoms. The van der Waals surface area contributed by atoms with Crippen LogP contribution < -0.4 is 4.74 Å². The highest BCUT2D eigenvalue weighted by Gasteiger charge is 2.03. The predicted octanol–water partition coefficient (Wildman–Crippen LogP) is 3.50. The van der Waals surface area contributed by atoms with Crippen LogP contribution in [0.3, 0.4) is 0 Å². The first-order valence-electron chi connectivity index (χ1n) is 5.92. The summed E-state index contributed by atoms with van der Waals surface area (Å²) in [4.78, 5) is 5.34. The van der Waals surface area contributed by atoms with E-state index in [-0.39, 0.29) is 0 Å². The van der Waals surface area contributed by atoms with E-state index in [1.807, 2.05) is 24.3 Å². The normalized spacial score (nSPS) is 15.7. The Morgan fingerprint density at radius 1 is 1.18 bits per heavy atom. The Morgan fingerprint density at radius 2 is 2.00 bits per heavy atom. The van der Waals surface area contributed by atoms with E-state index in [2.05, 4.69) is 11.2 Å². The SMILES string of the molecule is COc1ccc(C=NOC2=CCCCC2)cc1. The summed E-state index contributed by atoms with van der Waals surface area (Å²) >= 11 is 0. The van der Waals surface area contributed by atoms with Gasteiger partial charge < -0.3 is 9.57 Å². The Bertz CT molecular complexity index is 407. The number of benzene rings is 1. The lowest BCUT2D eigenvalue weighted by Crippen LogP contribution is -1.93. The molecule has 3 nitrogen and oxygen atoms in total. The zero-order valence-corrected chi connectivity index (χ0v) is 10.1. The third-order valence-corrected chi connectivity index (χ3v) is 2.74. The van der Waals surface area contributed by atoms with Crippen molar-refractivity contribution in [3.8, 4) is 5.75 Å². The molecule has 0 saturated heterocycles. The molecule has 0 atom stereocenters. The van der Waals surface area contributed by atoms with Crippen LogP contribution in [-0.2, 0) is 4.84 Å². The molecule has 0 fully saturated rings. The first kappa shape index (κ1) is 11.7. The number of hydrogen-bond donors (Lipinski definition) is 0. The van der Waals surface area contributed by atoms with Gasteiger partial charge in [0.25, 0.3) is 0 Å². The summed E-state index contributed by atoms with van der Waals surface area (Å²) in [7, 11) is 1.65. The van der Waals surface area contributed by atoms with E-state index in [1.165, 1.54) is 12.8 Å². The van der Waals surface area contributed by atoms with Crippen LogP contribution in [0.4, 0.5) is 0 Å². The van der Waals surface area contributed by atoms with Crippen LogP contribution in [0.2, 0.25) is 0 Å². The molecule has 0 aliphatic heterocycles. The fourth-order valence-electron chi connectivity index (χ4n) is 1.74. The van der Waals surface area contributed by atoms with Crippen LogP contribution >= 0.6 is 0 Å². The van der Waals surface area contributed by atoms with Gasteiger partial charge in [-0.2, -0.15) is 0 Å². The lowest BCUT2D eigenvalue weighted by atomic mass is 10.1. The summed E-state index contributed by atoms with van der Waals surface area (Å²) in [5.74, 6) is 1.83. The number of nitrogens with zero attached hydrogens (tertiary/aromatic N) is 1. The Morgan fingerprint density at radius 3 is 2.65 bits per heavy atom. The molecule has 0 aromatic heterocycles. The molecular weight excluding hydrogens is 214 g/mol. The average Bonchev–Trinajstić information content (AvgIpc) is 2.41. The number of oxime groups is 1. The van der Waals surface area contributed by atoms with Crippen molar-refractivity contribution in [2.75, 3.05) is 7.11 Å². The van der Waals surface area contributed by atoms with Crippen molar-refractivity contribution in [2.45, 2.75) is 25.7 Å². The largest absolute Gasteiger partial charge is 0.497 e. The molecule has 0 N–H and O–H groups in total. The van der Waals surface area contributed by atoms with E-state index in [1.54, 1.807) is 13.3 Å². The van der Waals surface area contributed by atoms with Crippen molar-refractivity contribution in [1.29, 1.82) is 0 Å². The summed E-state index contributed by atoms with van der Waals surface area (Å²) < 4.78 is 5.08. The van der Waals surface area contributed by atoms with Gasteiger partial charge in [0.1, 0.15) is 11.5 Å². The molecule has 2 rings (SSSR count). The van der Waals surface area contributed by atoms with Crippen molar-refractivity contribution >= 4 is 6.21 Å². The molecular formula is C14H17NO2. The molecule has 0 saturated carbocycles. The molecule has 1 aliphatic carbocycles. The number of methoxy groups -OCH3 is 1. The maximum Gasteiger partial charge on any atom is 0.131 e. The van der Waals surface area contributed by atoms with Crippen molar-refractivity contribution in [2.24, 2.45) is 5.16 Å². The van der Waals surface area contributed by atoms with Gasteiger partial charge in [0.05, 0.1) is 13.3 Å². The van der Waals surface area contributed by atoms with Gasteiger partial charge in [-0.25, -0.2) is 0 Å². The second kappa shape index (κ2) is 6.09. The van der Waals surface area contributed by atoms with Gasteiger partial charge in [-0.3, -0.25) is 0 Å². The molecule has 0 heterocycles. The second-order valence-electron chi connectivity index (χ2n) is 4.02. The van der Waals surface area contributed by atoms with E-state index in [0.717, 1.165) is 29.9 Å². The van der Waals surface area contributed by atoms with Gasteiger partial charge in [0, 0.05) is 6.42 Å². The first-order chi connectivity index (χ1) is 8.38.